The summed E-state index contributed by atoms with van der Waals surface area (Å²) in [5, 5.41) is 0. The van der Waals surface area contributed by atoms with Crippen molar-refractivity contribution in [1.29, 1.82) is 0 Å². The molecule has 0 fully saturated rings. The van der Waals surface area contributed by atoms with Gasteiger partial charge < -0.3 is 9.47 Å². The molecule has 0 heterocycles. The summed E-state index contributed by atoms with van der Waals surface area (Å²) in [4.78, 5) is 25.1. The number of carbonyl (C=O) groups is 2. The average molecular weight is 517 g/mol. The van der Waals surface area contributed by atoms with E-state index in [-0.39, 0.29) is 11.9 Å². The molecule has 37 heavy (non-hydrogen) atoms. The zero-order valence-electron chi connectivity index (χ0n) is 24.4. The van der Waals surface area contributed by atoms with Gasteiger partial charge in [0.05, 0.1) is 0 Å². The minimum absolute atomic E-state index is 0.238. The molecule has 0 spiro atoms. The van der Waals surface area contributed by atoms with Gasteiger partial charge in [-0.15, -0.1) is 0 Å². The molecule has 0 unspecified atom stereocenters. The molecule has 0 atom stereocenters. The molecular formula is C33H56O4. The van der Waals surface area contributed by atoms with Crippen LogP contribution in [0.15, 0.2) is 18.2 Å². The minimum Gasteiger partial charge on any atom is -0.423 e. The van der Waals surface area contributed by atoms with Crippen LogP contribution in [0.2, 0.25) is 0 Å². The number of hydrogen-bond donors (Lipinski definition) is 0. The molecule has 0 amide bonds. The van der Waals surface area contributed by atoms with Gasteiger partial charge in [-0.3, -0.25) is 9.59 Å². The summed E-state index contributed by atoms with van der Waals surface area (Å²) >= 11 is 0. The highest BCUT2D eigenvalue weighted by molar-refractivity contribution is 5.76. The van der Waals surface area contributed by atoms with Crippen LogP contribution in [0.25, 0.3) is 0 Å². The molecule has 4 heteroatoms. The first-order valence-electron chi connectivity index (χ1n) is 15.6. The zero-order chi connectivity index (χ0) is 27.0. The maximum atomic E-state index is 12.6. The molecule has 0 aliphatic carbocycles. The second-order valence-electron chi connectivity index (χ2n) is 10.6. The molecule has 1 rings (SSSR count). The third-order valence-corrected chi connectivity index (χ3v) is 6.99. The van der Waals surface area contributed by atoms with Crippen molar-refractivity contribution >= 4 is 11.9 Å². The van der Waals surface area contributed by atoms with E-state index < -0.39 is 0 Å². The van der Waals surface area contributed by atoms with E-state index in [1.165, 1.54) is 89.9 Å². The lowest BCUT2D eigenvalue weighted by Gasteiger charge is -2.13. The Morgan fingerprint density at radius 1 is 0.514 bits per heavy atom. The number of hydrogen-bond acceptors (Lipinski definition) is 4. The van der Waals surface area contributed by atoms with Crippen molar-refractivity contribution in [3.05, 3.63) is 23.8 Å². The van der Waals surface area contributed by atoms with E-state index in [4.69, 9.17) is 9.47 Å². The highest BCUT2D eigenvalue weighted by Gasteiger charge is 2.15. The van der Waals surface area contributed by atoms with Gasteiger partial charge in [0.15, 0.2) is 11.5 Å². The third kappa shape index (κ3) is 18.1. The number of unbranched alkanes of at least 4 members (excludes halogenated alkanes) is 16. The Hall–Kier alpha value is -1.84. The Kier molecular flexibility index (Phi) is 20.9. The van der Waals surface area contributed by atoms with Crippen molar-refractivity contribution in [2.45, 2.75) is 162 Å². The summed E-state index contributed by atoms with van der Waals surface area (Å²) in [5.74, 6) is 0.283. The van der Waals surface area contributed by atoms with E-state index in [1.54, 1.807) is 6.07 Å². The first-order valence-corrected chi connectivity index (χ1v) is 15.6. The van der Waals surface area contributed by atoms with Gasteiger partial charge in [0, 0.05) is 12.8 Å². The summed E-state index contributed by atoms with van der Waals surface area (Å²) in [7, 11) is 0. The van der Waals surface area contributed by atoms with Gasteiger partial charge in [-0.1, -0.05) is 130 Å². The van der Waals surface area contributed by atoms with Gasteiger partial charge in [-0.25, -0.2) is 0 Å². The average Bonchev–Trinajstić information content (AvgIpc) is 2.89. The molecule has 0 aliphatic rings. The van der Waals surface area contributed by atoms with Gasteiger partial charge in [0.25, 0.3) is 0 Å². The Morgan fingerprint density at radius 3 is 1.41 bits per heavy atom. The fraction of sp³-hybridized carbons (Fsp3) is 0.758. The minimum atomic E-state index is -0.245. The van der Waals surface area contributed by atoms with Gasteiger partial charge in [-0.2, -0.15) is 0 Å². The predicted octanol–water partition coefficient (Wildman–Crippen LogP) is 10.3. The normalized spacial score (nSPS) is 11.0. The molecule has 0 N–H and O–H groups in total. The van der Waals surface area contributed by atoms with Crippen LogP contribution in [-0.4, -0.2) is 11.9 Å². The van der Waals surface area contributed by atoms with Crippen LogP contribution in [0.3, 0.4) is 0 Å². The standard InChI is InChI=1S/C33H56O4/c1-4-7-10-13-15-18-21-24-32(34)36-30-27-26-29(23-20-17-12-9-6-3)28-31(30)37-33(35)25-22-19-16-14-11-8-5-2/h26-28H,4-25H2,1-3H3. The SMILES string of the molecule is CCCCCCCCCC(=O)Oc1ccc(CCCCCCC)cc1OC(=O)CCCCCCCCC. The van der Waals surface area contributed by atoms with Crippen molar-refractivity contribution in [3.63, 3.8) is 0 Å². The van der Waals surface area contributed by atoms with Crippen LogP contribution < -0.4 is 9.47 Å². The number of ether oxygens (including phenoxy) is 2. The summed E-state index contributed by atoms with van der Waals surface area (Å²) in [6.07, 6.45) is 24.1. The van der Waals surface area contributed by atoms with Crippen LogP contribution in [0.1, 0.15) is 161 Å². The largest absolute Gasteiger partial charge is 0.423 e. The fourth-order valence-electron chi connectivity index (χ4n) is 4.60. The van der Waals surface area contributed by atoms with Crippen LogP contribution in [0.4, 0.5) is 0 Å². The number of aryl methyl sites for hydroxylation is 1. The van der Waals surface area contributed by atoms with Crippen LogP contribution in [-0.2, 0) is 16.0 Å². The van der Waals surface area contributed by atoms with Crippen LogP contribution in [0.5, 0.6) is 11.5 Å². The third-order valence-electron chi connectivity index (χ3n) is 6.99. The first kappa shape index (κ1) is 33.2. The second-order valence-corrected chi connectivity index (χ2v) is 10.6. The number of carbonyl (C=O) groups excluding carboxylic acids is 2. The summed E-state index contributed by atoms with van der Waals surface area (Å²) in [5.41, 5.74) is 1.13. The lowest BCUT2D eigenvalue weighted by atomic mass is 10.0. The van der Waals surface area contributed by atoms with E-state index in [0.29, 0.717) is 24.3 Å². The zero-order valence-corrected chi connectivity index (χ0v) is 24.4. The fourth-order valence-corrected chi connectivity index (χ4v) is 4.60. The highest BCUT2D eigenvalue weighted by Crippen LogP contribution is 2.30. The number of esters is 2. The lowest BCUT2D eigenvalue weighted by molar-refractivity contribution is -0.137. The Morgan fingerprint density at radius 2 is 0.919 bits per heavy atom. The lowest BCUT2D eigenvalue weighted by Crippen LogP contribution is -2.12. The highest BCUT2D eigenvalue weighted by atomic mass is 16.6. The summed E-state index contributed by atoms with van der Waals surface area (Å²) in [6.45, 7) is 6.66. The molecule has 0 saturated carbocycles. The molecule has 0 aliphatic heterocycles. The van der Waals surface area contributed by atoms with E-state index in [9.17, 15) is 9.59 Å². The topological polar surface area (TPSA) is 52.6 Å². The van der Waals surface area contributed by atoms with E-state index >= 15 is 0 Å². The van der Waals surface area contributed by atoms with Crippen molar-refractivity contribution in [1.82, 2.24) is 0 Å². The molecule has 0 radical (unpaired) electrons. The molecule has 0 bridgehead atoms. The molecule has 0 aromatic heterocycles. The summed E-state index contributed by atoms with van der Waals surface area (Å²) < 4.78 is 11.4. The van der Waals surface area contributed by atoms with Gasteiger partial charge >= 0.3 is 11.9 Å². The molecule has 212 valence electrons. The molecular weight excluding hydrogens is 460 g/mol. The first-order chi connectivity index (χ1) is 18.1. The van der Waals surface area contributed by atoms with E-state index in [0.717, 1.165) is 44.1 Å². The molecule has 0 saturated heterocycles. The maximum absolute atomic E-state index is 12.6. The molecule has 1 aromatic rings. The van der Waals surface area contributed by atoms with Crippen LogP contribution >= 0.6 is 0 Å². The van der Waals surface area contributed by atoms with E-state index in [1.807, 2.05) is 12.1 Å². The second kappa shape index (κ2) is 23.3. The van der Waals surface area contributed by atoms with Gasteiger partial charge in [-0.05, 0) is 43.4 Å². The Labute approximate surface area is 228 Å². The smallest absolute Gasteiger partial charge is 0.311 e. The molecule has 1 aromatic carbocycles. The number of rotatable bonds is 24. The number of benzene rings is 1. The predicted molar refractivity (Wildman–Crippen MR) is 155 cm³/mol. The molecule has 4 nitrogen and oxygen atoms in total. The van der Waals surface area contributed by atoms with Crippen molar-refractivity contribution in [2.24, 2.45) is 0 Å². The summed E-state index contributed by atoms with van der Waals surface area (Å²) in [6, 6.07) is 5.71. The van der Waals surface area contributed by atoms with Crippen molar-refractivity contribution < 1.29 is 19.1 Å². The van der Waals surface area contributed by atoms with Crippen LogP contribution in [0, 0.1) is 0 Å². The Bertz CT molecular complexity index is 712. The van der Waals surface area contributed by atoms with Crippen molar-refractivity contribution in [2.75, 3.05) is 0 Å². The monoisotopic (exact) mass is 516 g/mol. The quantitative estimate of drug-likeness (QED) is 0.0779. The van der Waals surface area contributed by atoms with Gasteiger partial charge in [0.2, 0.25) is 0 Å². The van der Waals surface area contributed by atoms with Gasteiger partial charge in [0.1, 0.15) is 0 Å². The Balaban J connectivity index is 2.59. The van der Waals surface area contributed by atoms with Crippen molar-refractivity contribution in [3.8, 4) is 11.5 Å². The van der Waals surface area contributed by atoms with E-state index in [2.05, 4.69) is 20.8 Å². The maximum Gasteiger partial charge on any atom is 0.311 e.